The highest BCUT2D eigenvalue weighted by atomic mass is 16.4. The number of aliphatic hydroxyl groups excluding tert-OH is 4. The van der Waals surface area contributed by atoms with Gasteiger partial charge >= 0.3 is 0 Å². The maximum atomic E-state index is 13.0. The monoisotopic (exact) mass is 328 g/mol. The van der Waals surface area contributed by atoms with Crippen molar-refractivity contribution in [2.45, 2.75) is 51.2 Å². The average Bonchev–Trinajstić information content (AvgIpc) is 2.56. The second-order valence-electron chi connectivity index (χ2n) is 7.55. The summed E-state index contributed by atoms with van der Waals surface area (Å²) in [5.41, 5.74) is -0.771. The quantitative estimate of drug-likeness (QED) is 0.465. The Morgan fingerprint density at radius 1 is 1.04 bits per heavy atom. The molecule has 4 saturated heterocycles. The van der Waals surface area contributed by atoms with Crippen molar-refractivity contribution in [1.29, 1.82) is 0 Å². The molecule has 3 atom stereocenters. The van der Waals surface area contributed by atoms with Gasteiger partial charge < -0.3 is 20.4 Å². The lowest BCUT2D eigenvalue weighted by Gasteiger charge is -2.67. The van der Waals surface area contributed by atoms with Crippen LogP contribution in [0.2, 0.25) is 0 Å². The molecule has 4 fully saturated rings. The summed E-state index contributed by atoms with van der Waals surface area (Å²) in [5.74, 6) is 0.353. The van der Waals surface area contributed by atoms with E-state index in [1.807, 2.05) is 13.8 Å². The Kier molecular flexibility index (Phi) is 4.32. The predicted octanol–water partition coefficient (Wildman–Crippen LogP) is -1.61. The Bertz CT molecular complexity index is 443. The number of hydrogen-bond donors (Lipinski definition) is 4. The van der Waals surface area contributed by atoms with Gasteiger partial charge in [0.25, 0.3) is 0 Å². The third-order valence-electron chi connectivity index (χ3n) is 6.32. The molecule has 4 heterocycles. The summed E-state index contributed by atoms with van der Waals surface area (Å²) in [6.45, 7) is 5.82. The van der Waals surface area contributed by atoms with E-state index < -0.39 is 31.1 Å². The molecule has 4 aliphatic heterocycles. The molecule has 4 N–H and O–H groups in total. The minimum Gasteiger partial charge on any atom is -0.394 e. The van der Waals surface area contributed by atoms with Gasteiger partial charge in [0.2, 0.25) is 0 Å². The van der Waals surface area contributed by atoms with Gasteiger partial charge in [0, 0.05) is 26.2 Å². The molecule has 7 nitrogen and oxygen atoms in total. The second-order valence-corrected chi connectivity index (χ2v) is 7.55. The fraction of sp³-hybridized carbons (Fsp3) is 0.938. The van der Waals surface area contributed by atoms with Crippen molar-refractivity contribution in [3.05, 3.63) is 0 Å². The molecule has 23 heavy (non-hydrogen) atoms. The van der Waals surface area contributed by atoms with Crippen LogP contribution in [0.25, 0.3) is 0 Å². The van der Waals surface area contributed by atoms with Gasteiger partial charge in [0.05, 0.1) is 23.6 Å². The van der Waals surface area contributed by atoms with Gasteiger partial charge in [-0.25, -0.2) is 0 Å². The Morgan fingerprint density at radius 2 is 1.48 bits per heavy atom. The lowest BCUT2D eigenvalue weighted by Crippen LogP contribution is -2.81. The Labute approximate surface area is 136 Å². The molecule has 0 spiro atoms. The lowest BCUT2D eigenvalue weighted by atomic mass is 9.58. The third-order valence-corrected chi connectivity index (χ3v) is 6.32. The number of hydrogen-bond acceptors (Lipinski definition) is 7. The predicted molar refractivity (Wildman–Crippen MR) is 82.5 cm³/mol. The summed E-state index contributed by atoms with van der Waals surface area (Å²) < 4.78 is 0. The molecule has 4 bridgehead atoms. The van der Waals surface area contributed by atoms with E-state index in [1.165, 1.54) is 0 Å². The summed E-state index contributed by atoms with van der Waals surface area (Å²) in [6.07, 6.45) is -2.84. The topological polar surface area (TPSA) is 104 Å². The molecule has 0 aromatic carbocycles. The van der Waals surface area contributed by atoms with E-state index in [4.69, 9.17) is 5.11 Å². The van der Waals surface area contributed by atoms with Gasteiger partial charge in [-0.15, -0.1) is 0 Å². The van der Waals surface area contributed by atoms with Crippen LogP contribution in [0.4, 0.5) is 0 Å². The van der Waals surface area contributed by atoms with E-state index in [0.717, 1.165) is 12.8 Å². The summed E-state index contributed by atoms with van der Waals surface area (Å²) in [6, 6.07) is 0. The fourth-order valence-electron chi connectivity index (χ4n) is 4.93. The first-order chi connectivity index (χ1) is 10.8. The molecule has 7 heteroatoms. The molecule has 0 unspecified atom stereocenters. The fourth-order valence-corrected chi connectivity index (χ4v) is 4.93. The van der Waals surface area contributed by atoms with Crippen molar-refractivity contribution in [1.82, 2.24) is 9.80 Å². The van der Waals surface area contributed by atoms with Gasteiger partial charge in [0.15, 0.2) is 0 Å². The van der Waals surface area contributed by atoms with Crippen LogP contribution in [0.3, 0.4) is 0 Å². The van der Waals surface area contributed by atoms with E-state index in [9.17, 15) is 20.1 Å². The Morgan fingerprint density at radius 3 is 1.83 bits per heavy atom. The van der Waals surface area contributed by atoms with Crippen molar-refractivity contribution in [2.75, 3.05) is 32.8 Å². The Hall–Kier alpha value is -0.570. The van der Waals surface area contributed by atoms with Crippen molar-refractivity contribution in [3.63, 3.8) is 0 Å². The number of carbonyl (C=O) groups excluding carboxylic acids is 1. The maximum absolute atomic E-state index is 13.0. The molecule has 0 saturated carbocycles. The third kappa shape index (κ3) is 2.29. The number of piperidine rings is 2. The smallest absolute Gasteiger partial charge is 0.150 e. The first-order valence-corrected chi connectivity index (χ1v) is 8.52. The van der Waals surface area contributed by atoms with Gasteiger partial charge in [-0.2, -0.15) is 0 Å². The molecule has 4 aliphatic rings. The van der Waals surface area contributed by atoms with Crippen LogP contribution >= 0.6 is 0 Å². The first-order valence-electron chi connectivity index (χ1n) is 8.52. The van der Waals surface area contributed by atoms with Gasteiger partial charge in [-0.05, 0) is 12.8 Å². The van der Waals surface area contributed by atoms with Crippen LogP contribution in [-0.2, 0) is 4.79 Å². The van der Waals surface area contributed by atoms with Crippen molar-refractivity contribution in [3.8, 4) is 0 Å². The molecule has 4 rings (SSSR count). The number of aliphatic hydroxyl groups is 4. The van der Waals surface area contributed by atoms with E-state index >= 15 is 0 Å². The number of nitrogens with zero attached hydrogens (tertiary/aromatic N) is 2. The molecule has 0 radical (unpaired) electrons. The molecule has 132 valence electrons. The highest BCUT2D eigenvalue weighted by Crippen LogP contribution is 2.51. The van der Waals surface area contributed by atoms with E-state index in [0.29, 0.717) is 32.0 Å². The normalized spacial score (nSPS) is 46.0. The first kappa shape index (κ1) is 17.3. The zero-order chi connectivity index (χ0) is 17.0. The standard InChI is InChI=1S/C16H28N2O5/c1-3-15-6-17-8-16(4-2,14(15)23)9-18(7-15)13(17)12(22)11(21)10(20)5-19/h10-13,19-22H,3-9H2,1-2H3/t10-,11-,12+,13?,15?,16?/m0/s1. The number of carbonyl (C=O) groups is 1. The van der Waals surface area contributed by atoms with Crippen molar-refractivity contribution in [2.24, 2.45) is 10.8 Å². The summed E-state index contributed by atoms with van der Waals surface area (Å²) >= 11 is 0. The van der Waals surface area contributed by atoms with E-state index in [1.54, 1.807) is 0 Å². The zero-order valence-electron chi connectivity index (χ0n) is 13.9. The number of Topliss-reactive ketones (excluding diaryl/α,β-unsaturated/α-hetero) is 1. The molecular formula is C16H28N2O5. The van der Waals surface area contributed by atoms with Gasteiger partial charge in [0.1, 0.15) is 24.1 Å². The zero-order valence-corrected chi connectivity index (χ0v) is 13.9. The maximum Gasteiger partial charge on any atom is 0.150 e. The number of rotatable bonds is 6. The minimum absolute atomic E-state index is 0.353. The molecule has 0 aromatic rings. The molecule has 0 aromatic heterocycles. The molecule has 0 amide bonds. The lowest BCUT2D eigenvalue weighted by molar-refractivity contribution is -0.231. The SMILES string of the molecule is CCC12CN3CC(CC)(CN(C1)C3[C@H](O)[C@@H](O)[C@@H](O)CO)C2=O. The highest BCUT2D eigenvalue weighted by Gasteiger charge is 2.65. The average molecular weight is 328 g/mol. The second kappa shape index (κ2) is 5.75. The molecule has 0 aliphatic carbocycles. The van der Waals surface area contributed by atoms with E-state index in [2.05, 4.69) is 9.80 Å². The van der Waals surface area contributed by atoms with Crippen LogP contribution in [0.5, 0.6) is 0 Å². The van der Waals surface area contributed by atoms with Crippen LogP contribution in [0.15, 0.2) is 0 Å². The van der Waals surface area contributed by atoms with Crippen LogP contribution in [0, 0.1) is 10.8 Å². The van der Waals surface area contributed by atoms with Crippen molar-refractivity contribution < 1.29 is 25.2 Å². The van der Waals surface area contributed by atoms with Crippen LogP contribution in [-0.4, -0.2) is 93.3 Å². The summed E-state index contributed by atoms with van der Waals surface area (Å²) in [5, 5.41) is 39.3. The van der Waals surface area contributed by atoms with Gasteiger partial charge in [-0.3, -0.25) is 14.6 Å². The summed E-state index contributed by atoms with van der Waals surface area (Å²) in [7, 11) is 0. The number of ketones is 1. The largest absolute Gasteiger partial charge is 0.394 e. The highest BCUT2D eigenvalue weighted by molar-refractivity contribution is 5.93. The molecular weight excluding hydrogens is 300 g/mol. The van der Waals surface area contributed by atoms with Crippen LogP contribution in [0.1, 0.15) is 26.7 Å². The van der Waals surface area contributed by atoms with Gasteiger partial charge in [-0.1, -0.05) is 13.8 Å². The minimum atomic E-state index is -1.41. The van der Waals surface area contributed by atoms with Crippen molar-refractivity contribution >= 4 is 5.78 Å². The summed E-state index contributed by atoms with van der Waals surface area (Å²) in [4.78, 5) is 17.2. The van der Waals surface area contributed by atoms with Crippen LogP contribution < -0.4 is 0 Å². The van der Waals surface area contributed by atoms with E-state index in [-0.39, 0.29) is 10.8 Å². The Balaban J connectivity index is 1.88.